The molecule has 1 unspecified atom stereocenters. The standard InChI is InChI=1S/C4H10NS/c1-3(2)4(5)6/h3-4H,5H2,1-2H3. The van der Waals surface area contributed by atoms with Crippen molar-refractivity contribution in [2.75, 3.05) is 0 Å². The lowest BCUT2D eigenvalue weighted by Crippen LogP contribution is -2.18. The van der Waals surface area contributed by atoms with E-state index in [1.54, 1.807) is 0 Å². The first-order valence-corrected chi connectivity index (χ1v) is 2.53. The molecule has 0 saturated heterocycles. The predicted octanol–water partition coefficient (Wildman–Crippen LogP) is 1.12. The molecule has 2 heteroatoms. The molecule has 0 rings (SSSR count). The summed E-state index contributed by atoms with van der Waals surface area (Å²) in [6, 6.07) is 0. The molecular weight excluding hydrogens is 94.1 g/mol. The van der Waals surface area contributed by atoms with E-state index in [9.17, 15) is 0 Å². The summed E-state index contributed by atoms with van der Waals surface area (Å²) in [7, 11) is 0. The molecule has 0 aliphatic carbocycles. The van der Waals surface area contributed by atoms with E-state index in [4.69, 9.17) is 5.73 Å². The Kier molecular flexibility index (Phi) is 2.61. The highest BCUT2D eigenvalue weighted by Gasteiger charge is 1.98. The van der Waals surface area contributed by atoms with E-state index in [2.05, 4.69) is 12.6 Å². The van der Waals surface area contributed by atoms with Crippen LogP contribution in [0.25, 0.3) is 0 Å². The predicted molar refractivity (Wildman–Crippen MR) is 30.4 cm³/mol. The Bertz CT molecular complexity index is 28.5. The fraction of sp³-hybridized carbons (Fsp3) is 1.00. The second-order valence-corrected chi connectivity index (χ2v) is 2.25. The molecule has 1 radical (unpaired) electrons. The Morgan fingerprint density at radius 3 is 1.67 bits per heavy atom. The summed E-state index contributed by atoms with van der Waals surface area (Å²) >= 11 is 4.68. The maximum atomic E-state index is 5.25. The molecule has 37 valence electrons. The monoisotopic (exact) mass is 104 g/mol. The van der Waals surface area contributed by atoms with Crippen LogP contribution < -0.4 is 5.73 Å². The molecule has 0 aliphatic heterocycles. The first-order chi connectivity index (χ1) is 2.64. The lowest BCUT2D eigenvalue weighted by Gasteiger charge is -2.03. The molecule has 0 aromatic rings. The molecule has 0 saturated carbocycles. The quantitative estimate of drug-likeness (QED) is 0.530. The van der Waals surface area contributed by atoms with Crippen LogP contribution in [0.15, 0.2) is 0 Å². The van der Waals surface area contributed by atoms with Crippen molar-refractivity contribution in [3.63, 3.8) is 0 Å². The number of rotatable bonds is 1. The van der Waals surface area contributed by atoms with Crippen molar-refractivity contribution in [1.82, 2.24) is 0 Å². The van der Waals surface area contributed by atoms with E-state index in [-0.39, 0.29) is 5.37 Å². The lowest BCUT2D eigenvalue weighted by molar-refractivity contribution is 0.627. The third kappa shape index (κ3) is 2.54. The average molecular weight is 104 g/mol. The molecule has 0 aromatic heterocycles. The summed E-state index contributed by atoms with van der Waals surface area (Å²) < 4.78 is 0. The minimum absolute atomic E-state index is 0.0648. The van der Waals surface area contributed by atoms with Crippen LogP contribution in [-0.4, -0.2) is 5.37 Å². The molecule has 0 spiro atoms. The second kappa shape index (κ2) is 2.48. The maximum absolute atomic E-state index is 5.25. The lowest BCUT2D eigenvalue weighted by atomic mass is 10.2. The molecule has 1 atom stereocenters. The van der Waals surface area contributed by atoms with Crippen molar-refractivity contribution >= 4 is 12.6 Å². The van der Waals surface area contributed by atoms with Gasteiger partial charge in [0.2, 0.25) is 0 Å². The van der Waals surface area contributed by atoms with Crippen molar-refractivity contribution in [3.05, 3.63) is 0 Å². The second-order valence-electron chi connectivity index (χ2n) is 1.71. The third-order valence-electron chi connectivity index (χ3n) is 0.657. The van der Waals surface area contributed by atoms with Crippen LogP contribution in [0.2, 0.25) is 0 Å². The summed E-state index contributed by atoms with van der Waals surface area (Å²) in [5.41, 5.74) is 5.25. The molecule has 0 fully saturated rings. The fourth-order valence-corrected chi connectivity index (χ4v) is 0. The molecule has 0 aliphatic rings. The SMILES string of the molecule is CC(C)C(N)[S]. The zero-order valence-corrected chi connectivity index (χ0v) is 4.96. The molecule has 6 heavy (non-hydrogen) atoms. The van der Waals surface area contributed by atoms with Crippen molar-refractivity contribution in [2.24, 2.45) is 11.7 Å². The summed E-state index contributed by atoms with van der Waals surface area (Å²) in [5.74, 6) is 0.444. The third-order valence-corrected chi connectivity index (χ3v) is 1.20. The average Bonchev–Trinajstić information content (AvgIpc) is 1.36. The Balaban J connectivity index is 2.99. The van der Waals surface area contributed by atoms with Gasteiger partial charge in [-0.2, -0.15) is 0 Å². The minimum atomic E-state index is -0.0648. The van der Waals surface area contributed by atoms with Crippen LogP contribution in [0.1, 0.15) is 13.8 Å². The molecule has 0 aromatic carbocycles. The van der Waals surface area contributed by atoms with E-state index in [0.717, 1.165) is 0 Å². The first-order valence-electron chi connectivity index (χ1n) is 2.06. The summed E-state index contributed by atoms with van der Waals surface area (Å²) in [6.45, 7) is 4.02. The van der Waals surface area contributed by atoms with Gasteiger partial charge >= 0.3 is 0 Å². The van der Waals surface area contributed by atoms with Crippen LogP contribution in [0.5, 0.6) is 0 Å². The highest BCUT2D eigenvalue weighted by atomic mass is 32.1. The van der Waals surface area contributed by atoms with Gasteiger partial charge in [-0.1, -0.05) is 26.5 Å². The van der Waals surface area contributed by atoms with Gasteiger partial charge in [0.25, 0.3) is 0 Å². The number of hydrogen-bond acceptors (Lipinski definition) is 1. The Morgan fingerprint density at radius 2 is 1.67 bits per heavy atom. The van der Waals surface area contributed by atoms with E-state index in [1.165, 1.54) is 0 Å². The summed E-state index contributed by atoms with van der Waals surface area (Å²) in [5, 5.41) is -0.0648. The normalized spacial score (nSPS) is 15.5. The Labute approximate surface area is 44.3 Å². The van der Waals surface area contributed by atoms with Crippen LogP contribution in [0.4, 0.5) is 0 Å². The Morgan fingerprint density at radius 1 is 1.50 bits per heavy atom. The van der Waals surface area contributed by atoms with E-state index in [0.29, 0.717) is 5.92 Å². The van der Waals surface area contributed by atoms with Crippen molar-refractivity contribution < 1.29 is 0 Å². The molecule has 0 heterocycles. The van der Waals surface area contributed by atoms with Crippen molar-refractivity contribution in [1.29, 1.82) is 0 Å². The first kappa shape index (κ1) is 6.31. The minimum Gasteiger partial charge on any atom is -0.318 e. The van der Waals surface area contributed by atoms with Crippen LogP contribution in [0.3, 0.4) is 0 Å². The van der Waals surface area contributed by atoms with Gasteiger partial charge in [0, 0.05) is 0 Å². The van der Waals surface area contributed by atoms with E-state index < -0.39 is 0 Å². The highest BCUT2D eigenvalue weighted by Crippen LogP contribution is 1.99. The molecule has 1 nitrogen and oxygen atoms in total. The van der Waals surface area contributed by atoms with E-state index >= 15 is 0 Å². The van der Waals surface area contributed by atoms with Crippen LogP contribution in [-0.2, 0) is 0 Å². The van der Waals surface area contributed by atoms with E-state index in [1.807, 2.05) is 13.8 Å². The molecule has 0 amide bonds. The van der Waals surface area contributed by atoms with Gasteiger partial charge in [0.1, 0.15) is 0 Å². The zero-order chi connectivity index (χ0) is 5.15. The van der Waals surface area contributed by atoms with Gasteiger partial charge in [-0.05, 0) is 5.92 Å². The van der Waals surface area contributed by atoms with Crippen molar-refractivity contribution in [2.45, 2.75) is 19.2 Å². The highest BCUT2D eigenvalue weighted by molar-refractivity contribution is 7.80. The van der Waals surface area contributed by atoms with Gasteiger partial charge in [0.15, 0.2) is 0 Å². The van der Waals surface area contributed by atoms with Gasteiger partial charge in [-0.3, -0.25) is 0 Å². The fourth-order valence-electron chi connectivity index (χ4n) is 0. The summed E-state index contributed by atoms with van der Waals surface area (Å²) in [6.07, 6.45) is 0. The van der Waals surface area contributed by atoms with Gasteiger partial charge in [0.05, 0.1) is 5.37 Å². The molecule has 0 bridgehead atoms. The van der Waals surface area contributed by atoms with Crippen molar-refractivity contribution in [3.8, 4) is 0 Å². The zero-order valence-electron chi connectivity index (χ0n) is 4.14. The Hall–Kier alpha value is 0.310. The van der Waals surface area contributed by atoms with Gasteiger partial charge < -0.3 is 5.73 Å². The smallest absolute Gasteiger partial charge is 0.0635 e. The van der Waals surface area contributed by atoms with Gasteiger partial charge in [-0.15, -0.1) is 0 Å². The number of nitrogens with two attached hydrogens (primary N) is 1. The topological polar surface area (TPSA) is 26.0 Å². The van der Waals surface area contributed by atoms with Gasteiger partial charge in [-0.25, -0.2) is 0 Å². The maximum Gasteiger partial charge on any atom is 0.0635 e. The largest absolute Gasteiger partial charge is 0.318 e. The van der Waals surface area contributed by atoms with Crippen LogP contribution >= 0.6 is 12.6 Å². The molecule has 2 N–H and O–H groups in total. The number of hydrogen-bond donors (Lipinski definition) is 1. The summed E-state index contributed by atoms with van der Waals surface area (Å²) in [4.78, 5) is 0. The van der Waals surface area contributed by atoms with Crippen LogP contribution in [0, 0.1) is 5.92 Å². The molecular formula is C4H10NS.